The van der Waals surface area contributed by atoms with Gasteiger partial charge in [0.2, 0.25) is 0 Å². The Labute approximate surface area is 71.7 Å². The molecule has 1 fully saturated rings. The maximum absolute atomic E-state index is 3.92. The molecule has 1 aliphatic heterocycles. The van der Waals surface area contributed by atoms with E-state index < -0.39 is 0 Å². The molecule has 0 aromatic heterocycles. The van der Waals surface area contributed by atoms with Crippen molar-refractivity contribution in [3.63, 3.8) is 0 Å². The van der Waals surface area contributed by atoms with E-state index in [-0.39, 0.29) is 18.9 Å². The fraction of sp³-hybridized carbons (Fsp3) is 0.800. The van der Waals surface area contributed by atoms with Crippen LogP contribution in [0.4, 0.5) is 0 Å². The van der Waals surface area contributed by atoms with Crippen LogP contribution in [0.25, 0.3) is 0 Å². The molecule has 0 saturated carbocycles. The van der Waals surface area contributed by atoms with Crippen LogP contribution in [-0.2, 0) is 0 Å². The van der Waals surface area contributed by atoms with Crippen LogP contribution in [0.15, 0.2) is 0 Å². The Hall–Kier alpha value is 1.30. The van der Waals surface area contributed by atoms with Crippen LogP contribution in [0.3, 0.4) is 0 Å². The molecule has 0 atom stereocenters. The Morgan fingerprint density at radius 3 is 2.00 bits per heavy atom. The van der Waals surface area contributed by atoms with Crippen molar-refractivity contribution in [1.29, 1.82) is 0 Å². The first kappa shape index (κ1) is 9.30. The Balaban J connectivity index is 0.000000490. The normalized spacial score (nSPS) is 22.1. The van der Waals surface area contributed by atoms with Gasteiger partial charge in [-0.2, -0.15) is 23.5 Å². The van der Waals surface area contributed by atoms with Gasteiger partial charge in [0.25, 0.3) is 0 Å². The second-order valence-electron chi connectivity index (χ2n) is 1.52. The number of hydrogen-bond acceptors (Lipinski definition) is 2. The average Bonchev–Trinajstić information content (AvgIpc) is 1.69. The summed E-state index contributed by atoms with van der Waals surface area (Å²) in [5, 5.41) is 0. The third-order valence-electron chi connectivity index (χ3n) is 0.896. The van der Waals surface area contributed by atoms with Gasteiger partial charge in [0.1, 0.15) is 0 Å². The van der Waals surface area contributed by atoms with Gasteiger partial charge in [0, 0.05) is 0 Å². The molecule has 0 spiro atoms. The summed E-state index contributed by atoms with van der Waals surface area (Å²) < 4.78 is 0.619. The maximum atomic E-state index is 3.92. The van der Waals surface area contributed by atoms with Gasteiger partial charge < -0.3 is 6.92 Å². The first-order valence-corrected chi connectivity index (χ1v) is 4.55. The molecule has 0 nitrogen and oxygen atoms in total. The van der Waals surface area contributed by atoms with Crippen molar-refractivity contribution < 1.29 is 18.9 Å². The summed E-state index contributed by atoms with van der Waals surface area (Å²) in [6, 6.07) is 0. The van der Waals surface area contributed by atoms with Gasteiger partial charge in [0.15, 0.2) is 0 Å². The molecule has 0 aromatic rings. The minimum Gasteiger partial charge on any atom is -0.321 e. The van der Waals surface area contributed by atoms with E-state index in [2.05, 4.69) is 6.92 Å². The molecule has 1 saturated heterocycles. The van der Waals surface area contributed by atoms with Crippen LogP contribution < -0.4 is 18.9 Å². The topological polar surface area (TPSA) is 0 Å². The predicted octanol–water partition coefficient (Wildman–Crippen LogP) is -0.979. The summed E-state index contributed by atoms with van der Waals surface area (Å²) in [6.45, 7) is 3.92. The van der Waals surface area contributed by atoms with Crippen LogP contribution in [-0.4, -0.2) is 16.1 Å². The SMILES string of the molecule is [CH2-]C1SCCCS1.[Li+]. The number of hydrogen-bond donors (Lipinski definition) is 0. The molecular weight excluding hydrogens is 131 g/mol. The van der Waals surface area contributed by atoms with Crippen molar-refractivity contribution in [3.05, 3.63) is 6.92 Å². The minimum absolute atomic E-state index is 0. The van der Waals surface area contributed by atoms with E-state index in [9.17, 15) is 0 Å². The monoisotopic (exact) mass is 140 g/mol. The number of rotatable bonds is 0. The van der Waals surface area contributed by atoms with Crippen LogP contribution in [0.2, 0.25) is 0 Å². The van der Waals surface area contributed by atoms with E-state index in [0.29, 0.717) is 4.58 Å². The second kappa shape index (κ2) is 5.11. The van der Waals surface area contributed by atoms with Crippen molar-refractivity contribution >= 4 is 23.5 Å². The Bertz CT molecular complexity index is 52.4. The maximum Gasteiger partial charge on any atom is 1.00 e. The van der Waals surface area contributed by atoms with E-state index >= 15 is 0 Å². The van der Waals surface area contributed by atoms with Gasteiger partial charge in [-0.1, -0.05) is 4.58 Å². The van der Waals surface area contributed by atoms with Gasteiger partial charge in [-0.05, 0) is 17.9 Å². The zero-order valence-electron chi connectivity index (χ0n) is 5.22. The predicted molar refractivity (Wildman–Crippen MR) is 38.7 cm³/mol. The van der Waals surface area contributed by atoms with E-state index in [1.165, 1.54) is 17.9 Å². The van der Waals surface area contributed by atoms with Gasteiger partial charge in [-0.15, -0.1) is 0 Å². The Morgan fingerprint density at radius 2 is 1.75 bits per heavy atom. The van der Waals surface area contributed by atoms with Crippen LogP contribution in [0.5, 0.6) is 0 Å². The van der Waals surface area contributed by atoms with E-state index in [1.807, 2.05) is 23.5 Å². The van der Waals surface area contributed by atoms with Crippen molar-refractivity contribution in [3.8, 4) is 0 Å². The molecule has 0 aliphatic carbocycles. The van der Waals surface area contributed by atoms with Gasteiger partial charge in [-0.25, -0.2) is 0 Å². The Kier molecular flexibility index (Phi) is 5.94. The summed E-state index contributed by atoms with van der Waals surface area (Å²) in [6.07, 6.45) is 1.38. The molecule has 0 unspecified atom stereocenters. The molecule has 0 amide bonds. The molecule has 0 radical (unpaired) electrons. The molecule has 3 heteroatoms. The van der Waals surface area contributed by atoms with Crippen LogP contribution in [0.1, 0.15) is 6.42 Å². The Morgan fingerprint density at radius 1 is 1.25 bits per heavy atom. The average molecular weight is 140 g/mol. The van der Waals surface area contributed by atoms with E-state index in [4.69, 9.17) is 0 Å². The van der Waals surface area contributed by atoms with Crippen LogP contribution >= 0.6 is 23.5 Å². The third kappa shape index (κ3) is 3.35. The van der Waals surface area contributed by atoms with E-state index in [1.54, 1.807) is 0 Å². The smallest absolute Gasteiger partial charge is 0.321 e. The molecule has 0 bridgehead atoms. The van der Waals surface area contributed by atoms with Crippen molar-refractivity contribution in [2.24, 2.45) is 0 Å². The summed E-state index contributed by atoms with van der Waals surface area (Å²) in [4.78, 5) is 0. The van der Waals surface area contributed by atoms with Gasteiger partial charge in [0.05, 0.1) is 0 Å². The van der Waals surface area contributed by atoms with Crippen molar-refractivity contribution in [2.45, 2.75) is 11.0 Å². The molecule has 1 aliphatic rings. The second-order valence-corrected chi connectivity index (χ2v) is 4.44. The van der Waals surface area contributed by atoms with Gasteiger partial charge in [-0.3, -0.25) is 0 Å². The fourth-order valence-electron chi connectivity index (χ4n) is 0.537. The quantitative estimate of drug-likeness (QED) is 0.313. The molecule has 1 heterocycles. The summed E-state index contributed by atoms with van der Waals surface area (Å²) in [7, 11) is 0. The van der Waals surface area contributed by atoms with Crippen LogP contribution in [0, 0.1) is 6.92 Å². The van der Waals surface area contributed by atoms with E-state index in [0.717, 1.165) is 0 Å². The zero-order chi connectivity index (χ0) is 5.11. The van der Waals surface area contributed by atoms with Crippen molar-refractivity contribution in [2.75, 3.05) is 11.5 Å². The molecular formula is C5H9LiS2. The largest absolute Gasteiger partial charge is 1.00 e. The molecule has 8 heavy (non-hydrogen) atoms. The zero-order valence-corrected chi connectivity index (χ0v) is 6.86. The summed E-state index contributed by atoms with van der Waals surface area (Å²) in [5.41, 5.74) is 0. The molecule has 42 valence electrons. The third-order valence-corrected chi connectivity index (χ3v) is 3.50. The first-order valence-electron chi connectivity index (χ1n) is 2.46. The standard InChI is InChI=1S/C5H9S2.Li/c1-5-6-3-2-4-7-5;/h5H,1-4H2;/q-1;+1. The van der Waals surface area contributed by atoms with Gasteiger partial charge >= 0.3 is 18.9 Å². The molecule has 0 aromatic carbocycles. The number of thioether (sulfide) groups is 2. The molecule has 1 rings (SSSR count). The van der Waals surface area contributed by atoms with Crippen molar-refractivity contribution in [1.82, 2.24) is 0 Å². The minimum atomic E-state index is 0. The molecule has 0 N–H and O–H groups in total. The fourth-order valence-corrected chi connectivity index (χ4v) is 2.83. The first-order chi connectivity index (χ1) is 3.39. The summed E-state index contributed by atoms with van der Waals surface area (Å²) >= 11 is 3.94. The summed E-state index contributed by atoms with van der Waals surface area (Å²) in [5.74, 6) is 2.64.